The molecule has 3 rings (SSSR count). The molecule has 0 spiro atoms. The molecule has 2 aromatic rings. The van der Waals surface area contributed by atoms with Crippen LogP contribution in [0.5, 0.6) is 11.5 Å². The molecule has 110 valence electrons. The first-order valence-corrected chi connectivity index (χ1v) is 7.78. The Morgan fingerprint density at radius 1 is 1.05 bits per heavy atom. The van der Waals surface area contributed by atoms with Crippen molar-refractivity contribution in [3.8, 4) is 11.5 Å². The highest BCUT2D eigenvalue weighted by molar-refractivity contribution is 5.37. The number of nitrogens with one attached hydrogen (secondary N) is 1. The smallest absolute Gasteiger partial charge is 0.127 e. The van der Waals surface area contributed by atoms with Crippen LogP contribution in [0.1, 0.15) is 31.7 Å². The van der Waals surface area contributed by atoms with Gasteiger partial charge in [0.15, 0.2) is 0 Å². The molecule has 1 saturated carbocycles. The predicted octanol–water partition coefficient (Wildman–Crippen LogP) is 4.58. The van der Waals surface area contributed by atoms with E-state index in [1.54, 1.807) is 0 Å². The van der Waals surface area contributed by atoms with Gasteiger partial charge in [0.25, 0.3) is 0 Å². The van der Waals surface area contributed by atoms with Gasteiger partial charge in [-0.3, -0.25) is 0 Å². The molecule has 0 saturated heterocycles. The molecule has 0 heterocycles. The fraction of sp³-hybridized carbons (Fsp3) is 0.368. The molecule has 1 fully saturated rings. The van der Waals surface area contributed by atoms with Crippen LogP contribution in [0, 0.1) is 5.92 Å². The lowest BCUT2D eigenvalue weighted by Gasteiger charge is -2.09. The van der Waals surface area contributed by atoms with Crippen molar-refractivity contribution >= 4 is 0 Å². The van der Waals surface area contributed by atoms with Gasteiger partial charge in [-0.05, 0) is 54.6 Å². The Bertz CT molecular complexity index is 579. The minimum Gasteiger partial charge on any atom is -0.457 e. The summed E-state index contributed by atoms with van der Waals surface area (Å²) in [7, 11) is 0. The number of hydrogen-bond acceptors (Lipinski definition) is 2. The normalized spacial score (nSPS) is 20.5. The van der Waals surface area contributed by atoms with E-state index in [0.29, 0.717) is 12.0 Å². The highest BCUT2D eigenvalue weighted by atomic mass is 16.5. The monoisotopic (exact) mass is 281 g/mol. The predicted molar refractivity (Wildman–Crippen MR) is 86.9 cm³/mol. The number of rotatable bonds is 6. The number of benzene rings is 2. The summed E-state index contributed by atoms with van der Waals surface area (Å²) in [6, 6.07) is 19.1. The van der Waals surface area contributed by atoms with Gasteiger partial charge in [0.05, 0.1) is 0 Å². The van der Waals surface area contributed by atoms with Crippen molar-refractivity contribution in [1.82, 2.24) is 5.32 Å². The topological polar surface area (TPSA) is 21.3 Å². The average Bonchev–Trinajstić information content (AvgIpc) is 3.26. The zero-order chi connectivity index (χ0) is 14.7. The summed E-state index contributed by atoms with van der Waals surface area (Å²) in [4.78, 5) is 0. The van der Waals surface area contributed by atoms with Gasteiger partial charge in [-0.2, -0.15) is 0 Å². The zero-order valence-corrected chi connectivity index (χ0v) is 12.8. The van der Waals surface area contributed by atoms with Crippen LogP contribution in [0.4, 0.5) is 0 Å². The van der Waals surface area contributed by atoms with Gasteiger partial charge in [-0.15, -0.1) is 0 Å². The van der Waals surface area contributed by atoms with Crippen molar-refractivity contribution in [2.24, 2.45) is 5.92 Å². The second-order valence-corrected chi connectivity index (χ2v) is 6.15. The highest BCUT2D eigenvalue weighted by Gasteiger charge is 2.37. The third kappa shape index (κ3) is 3.85. The van der Waals surface area contributed by atoms with E-state index < -0.39 is 0 Å². The molecule has 2 atom stereocenters. The van der Waals surface area contributed by atoms with Crippen LogP contribution in [-0.2, 0) is 0 Å². The second kappa shape index (κ2) is 6.31. The third-order valence-corrected chi connectivity index (χ3v) is 3.98. The van der Waals surface area contributed by atoms with E-state index in [-0.39, 0.29) is 0 Å². The molecule has 0 aliphatic heterocycles. The molecule has 2 aromatic carbocycles. The van der Waals surface area contributed by atoms with Crippen molar-refractivity contribution in [3.05, 3.63) is 60.2 Å². The first-order valence-electron chi connectivity index (χ1n) is 7.78. The van der Waals surface area contributed by atoms with Crippen molar-refractivity contribution in [3.63, 3.8) is 0 Å². The summed E-state index contributed by atoms with van der Waals surface area (Å²) in [6.07, 6.45) is 1.29. The van der Waals surface area contributed by atoms with Gasteiger partial charge < -0.3 is 10.1 Å². The molecule has 21 heavy (non-hydrogen) atoms. The Kier molecular flexibility index (Phi) is 4.26. The van der Waals surface area contributed by atoms with E-state index in [9.17, 15) is 0 Å². The third-order valence-electron chi connectivity index (χ3n) is 3.98. The van der Waals surface area contributed by atoms with Crippen LogP contribution >= 0.6 is 0 Å². The van der Waals surface area contributed by atoms with Gasteiger partial charge in [0, 0.05) is 6.04 Å². The summed E-state index contributed by atoms with van der Waals surface area (Å²) in [5, 5.41) is 3.53. The average molecular weight is 281 g/mol. The quantitative estimate of drug-likeness (QED) is 0.836. The van der Waals surface area contributed by atoms with Crippen LogP contribution in [0.3, 0.4) is 0 Å². The summed E-state index contributed by atoms with van der Waals surface area (Å²) < 4.78 is 5.91. The van der Waals surface area contributed by atoms with Gasteiger partial charge in [0.2, 0.25) is 0 Å². The number of para-hydroxylation sites is 1. The Morgan fingerprint density at radius 2 is 1.81 bits per heavy atom. The minimum atomic E-state index is 0.569. The Morgan fingerprint density at radius 3 is 2.57 bits per heavy atom. The molecule has 2 unspecified atom stereocenters. The van der Waals surface area contributed by atoms with E-state index in [0.717, 1.165) is 24.0 Å². The van der Waals surface area contributed by atoms with Crippen molar-refractivity contribution in [2.45, 2.75) is 32.2 Å². The van der Waals surface area contributed by atoms with Crippen LogP contribution in [0.15, 0.2) is 54.6 Å². The molecule has 0 aromatic heterocycles. The Hall–Kier alpha value is -1.80. The maximum Gasteiger partial charge on any atom is 0.127 e. The SMILES string of the molecule is CC(C)NCC1CC1c1cccc(Oc2ccccc2)c1. The van der Waals surface area contributed by atoms with Crippen molar-refractivity contribution in [1.29, 1.82) is 0 Å². The van der Waals surface area contributed by atoms with Crippen LogP contribution in [0.25, 0.3) is 0 Å². The molecule has 1 N–H and O–H groups in total. The lowest BCUT2D eigenvalue weighted by atomic mass is 10.1. The van der Waals surface area contributed by atoms with E-state index in [1.165, 1.54) is 12.0 Å². The molecular weight excluding hydrogens is 258 g/mol. The van der Waals surface area contributed by atoms with Gasteiger partial charge in [-0.25, -0.2) is 0 Å². The molecule has 2 nitrogen and oxygen atoms in total. The van der Waals surface area contributed by atoms with Crippen LogP contribution in [0.2, 0.25) is 0 Å². The van der Waals surface area contributed by atoms with Gasteiger partial charge >= 0.3 is 0 Å². The molecule has 0 radical (unpaired) electrons. The standard InChI is InChI=1S/C19H23NO/c1-14(2)20-13-16-12-19(16)15-7-6-10-18(11-15)21-17-8-4-3-5-9-17/h3-11,14,16,19-20H,12-13H2,1-2H3. The number of ether oxygens (including phenoxy) is 1. The van der Waals surface area contributed by atoms with E-state index in [1.807, 2.05) is 36.4 Å². The van der Waals surface area contributed by atoms with E-state index in [2.05, 4.69) is 37.4 Å². The van der Waals surface area contributed by atoms with Gasteiger partial charge in [0.1, 0.15) is 11.5 Å². The fourth-order valence-corrected chi connectivity index (χ4v) is 2.70. The molecule has 0 amide bonds. The van der Waals surface area contributed by atoms with E-state index in [4.69, 9.17) is 4.74 Å². The highest BCUT2D eigenvalue weighted by Crippen LogP contribution is 2.47. The summed E-state index contributed by atoms with van der Waals surface area (Å²) in [6.45, 7) is 5.52. The zero-order valence-electron chi connectivity index (χ0n) is 12.8. The van der Waals surface area contributed by atoms with Crippen molar-refractivity contribution < 1.29 is 4.74 Å². The van der Waals surface area contributed by atoms with Gasteiger partial charge in [-0.1, -0.05) is 44.2 Å². The Balaban J connectivity index is 1.62. The molecule has 1 aliphatic rings. The maximum atomic E-state index is 5.91. The van der Waals surface area contributed by atoms with Crippen LogP contribution in [-0.4, -0.2) is 12.6 Å². The summed E-state index contributed by atoms with van der Waals surface area (Å²) in [5.41, 5.74) is 1.40. The fourth-order valence-electron chi connectivity index (χ4n) is 2.70. The lowest BCUT2D eigenvalue weighted by molar-refractivity contribution is 0.481. The largest absolute Gasteiger partial charge is 0.457 e. The molecule has 2 heteroatoms. The van der Waals surface area contributed by atoms with Crippen molar-refractivity contribution in [2.75, 3.05) is 6.54 Å². The first-order chi connectivity index (χ1) is 10.2. The van der Waals surface area contributed by atoms with E-state index >= 15 is 0 Å². The lowest BCUT2D eigenvalue weighted by Crippen LogP contribution is -2.25. The molecular formula is C19H23NO. The Labute approximate surface area is 127 Å². The summed E-state index contributed by atoms with van der Waals surface area (Å²) >= 11 is 0. The second-order valence-electron chi connectivity index (χ2n) is 6.15. The minimum absolute atomic E-state index is 0.569. The molecule has 1 aliphatic carbocycles. The number of hydrogen-bond donors (Lipinski definition) is 1. The first kappa shape index (κ1) is 14.2. The maximum absolute atomic E-state index is 5.91. The van der Waals surface area contributed by atoms with Crippen LogP contribution < -0.4 is 10.1 Å². The molecule has 0 bridgehead atoms. The summed E-state index contributed by atoms with van der Waals surface area (Å²) in [5.74, 6) is 3.29.